The maximum atomic E-state index is 13.0. The van der Waals surface area contributed by atoms with Crippen molar-refractivity contribution in [3.05, 3.63) is 134 Å². The molecule has 0 saturated carbocycles. The van der Waals surface area contributed by atoms with Crippen molar-refractivity contribution in [2.45, 2.75) is 354 Å². The highest BCUT2D eigenvalue weighted by molar-refractivity contribution is 5.71. The lowest BCUT2D eigenvalue weighted by Gasteiger charge is -2.25. The molecule has 0 spiro atoms. The van der Waals surface area contributed by atoms with Crippen LogP contribution in [0.15, 0.2) is 134 Å². The van der Waals surface area contributed by atoms with Gasteiger partial charge in [-0.2, -0.15) is 0 Å². The van der Waals surface area contributed by atoms with E-state index in [-0.39, 0.29) is 32.2 Å². The number of carboxylic acids is 1. The number of nitrogens with zero attached hydrogens (tertiary/aromatic N) is 1. The molecule has 0 rings (SSSR count). The van der Waals surface area contributed by atoms with Crippen LogP contribution >= 0.6 is 0 Å². The maximum Gasteiger partial charge on any atom is 0.361 e. The van der Waals surface area contributed by atoms with Crippen LogP contribution in [0.4, 0.5) is 0 Å². The molecule has 0 aliphatic rings. The van der Waals surface area contributed by atoms with Crippen molar-refractivity contribution in [1.29, 1.82) is 0 Å². The summed E-state index contributed by atoms with van der Waals surface area (Å²) < 4.78 is 23.0. The van der Waals surface area contributed by atoms with Gasteiger partial charge in [0.2, 0.25) is 0 Å². The van der Waals surface area contributed by atoms with Crippen LogP contribution in [-0.2, 0) is 33.3 Å². The number of ether oxygens (including phenoxy) is 4. The van der Waals surface area contributed by atoms with Crippen molar-refractivity contribution >= 4 is 17.9 Å². The number of carbonyl (C=O) groups is 3. The van der Waals surface area contributed by atoms with Crippen LogP contribution < -0.4 is 0 Å². The first kappa shape index (κ1) is 91.4. The second-order valence-corrected chi connectivity index (χ2v) is 27.7. The Bertz CT molecular complexity index is 2050. The molecule has 0 heterocycles. The number of carboxylic acid groups (broad SMARTS) is 1. The Labute approximate surface area is 592 Å². The number of quaternary nitrogens is 1. The fourth-order valence-corrected chi connectivity index (χ4v) is 11.1. The Morgan fingerprint density at radius 1 is 0.323 bits per heavy atom. The maximum absolute atomic E-state index is 13.0. The van der Waals surface area contributed by atoms with Crippen molar-refractivity contribution in [3.63, 3.8) is 0 Å². The topological polar surface area (TPSA) is 108 Å². The second kappa shape index (κ2) is 76.2. The number of rotatable bonds is 73. The minimum Gasteiger partial charge on any atom is -0.477 e. The Morgan fingerprint density at radius 3 is 0.885 bits per heavy atom. The van der Waals surface area contributed by atoms with Gasteiger partial charge in [0.05, 0.1) is 34.4 Å². The van der Waals surface area contributed by atoms with E-state index in [2.05, 4.69) is 148 Å². The van der Waals surface area contributed by atoms with Gasteiger partial charge in [-0.25, -0.2) is 4.79 Å². The van der Waals surface area contributed by atoms with Gasteiger partial charge in [0, 0.05) is 12.8 Å². The summed E-state index contributed by atoms with van der Waals surface area (Å²) in [4.78, 5) is 37.7. The smallest absolute Gasteiger partial charge is 0.361 e. The Hall–Kier alpha value is -4.57. The molecule has 0 fully saturated rings. The molecule has 0 aromatic heterocycles. The van der Waals surface area contributed by atoms with Crippen LogP contribution in [0.3, 0.4) is 0 Å². The average Bonchev–Trinajstić information content (AvgIpc) is 2.59. The predicted octanol–water partition coefficient (Wildman–Crippen LogP) is 25.6. The zero-order valence-electron chi connectivity index (χ0n) is 63.0. The highest BCUT2D eigenvalue weighted by Crippen LogP contribution is 2.18. The molecule has 0 bridgehead atoms. The van der Waals surface area contributed by atoms with Gasteiger partial charge in [-0.1, -0.05) is 366 Å². The van der Waals surface area contributed by atoms with Gasteiger partial charge in [0.25, 0.3) is 6.29 Å². The minimum atomic E-state index is -1.52. The largest absolute Gasteiger partial charge is 0.477 e. The van der Waals surface area contributed by atoms with Gasteiger partial charge in [-0.05, 0) is 96.3 Å². The standard InChI is InChI=1S/C87H149NO8/c1-6-8-10-12-14-16-18-20-22-24-26-28-30-32-34-36-38-39-40-41-42-43-44-45-46-47-48-50-52-54-56-58-60-62-64-66-68-70-72-74-76-78-85(90)96-83(82-95-87(86(91)92)93-80-79-88(3,4)5)81-94-84(89)77-75-73-71-69-67-65-63-61-59-57-55-53-51-49-37-35-33-31-29-27-25-23-21-19-17-15-13-11-9-7-2/h8,10,14,16,20,22,26,28,32,34,38-39,41-42,44-45,47-48,52,54,58,60,83,87H,6-7,9,11-13,15,17-19,21,23-25,27,29-31,33,35-37,40,43,46,49-51,53,55-57,59,61-82H2,1-5H3/p+1/b10-8-,16-14-,22-20-,28-26-,34-32-,39-38-,42-41-,45-44-,48-47-,54-52-,60-58-. The van der Waals surface area contributed by atoms with Crippen LogP contribution in [0.5, 0.6) is 0 Å². The van der Waals surface area contributed by atoms with Crippen molar-refractivity contribution in [2.24, 2.45) is 0 Å². The molecule has 0 radical (unpaired) electrons. The van der Waals surface area contributed by atoms with Crippen molar-refractivity contribution in [3.8, 4) is 0 Å². The van der Waals surface area contributed by atoms with E-state index in [0.717, 1.165) is 116 Å². The zero-order chi connectivity index (χ0) is 69.7. The summed E-state index contributed by atoms with van der Waals surface area (Å²) in [7, 11) is 5.98. The molecule has 0 aromatic rings. The number of esters is 2. The lowest BCUT2D eigenvalue weighted by atomic mass is 10.0. The van der Waals surface area contributed by atoms with Crippen LogP contribution in [0.1, 0.15) is 341 Å². The summed E-state index contributed by atoms with van der Waals surface area (Å²) in [6, 6.07) is 0. The first-order valence-electron chi connectivity index (χ1n) is 39.8. The molecule has 9 nitrogen and oxygen atoms in total. The number of carbonyl (C=O) groups excluding carboxylic acids is 2. The van der Waals surface area contributed by atoms with Crippen LogP contribution in [0, 0.1) is 0 Å². The minimum absolute atomic E-state index is 0.181. The molecular formula is C87H150NO8+. The normalized spacial score (nSPS) is 13.4. The lowest BCUT2D eigenvalue weighted by molar-refractivity contribution is -0.870. The summed E-state index contributed by atoms with van der Waals surface area (Å²) in [6.45, 7) is 4.78. The van der Waals surface area contributed by atoms with E-state index in [1.54, 1.807) is 0 Å². The molecule has 2 unspecified atom stereocenters. The molecular weight excluding hydrogens is 1190 g/mol. The average molecular weight is 1340 g/mol. The number of aliphatic carboxylic acids is 1. The van der Waals surface area contributed by atoms with Gasteiger partial charge in [-0.3, -0.25) is 9.59 Å². The summed E-state index contributed by atoms with van der Waals surface area (Å²) in [5, 5.41) is 9.77. The summed E-state index contributed by atoms with van der Waals surface area (Å²) in [6.07, 6.45) is 107. The third-order valence-electron chi connectivity index (χ3n) is 17.2. The number of hydrogen-bond donors (Lipinski definition) is 1. The molecule has 0 aliphatic carbocycles. The molecule has 0 aromatic carbocycles. The number of hydrogen-bond acceptors (Lipinski definition) is 7. The molecule has 0 aliphatic heterocycles. The van der Waals surface area contributed by atoms with E-state index in [1.807, 2.05) is 21.1 Å². The molecule has 1 N–H and O–H groups in total. The molecule has 0 amide bonds. The second-order valence-electron chi connectivity index (χ2n) is 27.7. The van der Waals surface area contributed by atoms with E-state index < -0.39 is 24.3 Å². The monoisotopic (exact) mass is 1340 g/mol. The molecule has 2 atom stereocenters. The summed E-state index contributed by atoms with van der Waals surface area (Å²) in [5.74, 6) is -2.01. The van der Waals surface area contributed by atoms with E-state index in [1.165, 1.54) is 193 Å². The van der Waals surface area contributed by atoms with Crippen molar-refractivity contribution in [1.82, 2.24) is 0 Å². The van der Waals surface area contributed by atoms with Gasteiger partial charge in [0.1, 0.15) is 13.2 Å². The van der Waals surface area contributed by atoms with Gasteiger partial charge in [-0.15, -0.1) is 0 Å². The SMILES string of the molecule is CC/C=C\C/C=C\C/C=C\C/C=C\C/C=C\C/C=C\C/C=C\C/C=C\C/C=C\C/C=C\C/C=C\CCCCCCCCCC(=O)OC(COC(=O)CCCCCCCCCCCCCCCCCCCCCCCCCCCCCCCC)COC(OCC[N+](C)(C)C)C(=O)O. The quantitative estimate of drug-likeness (QED) is 0.0211. The zero-order valence-corrected chi connectivity index (χ0v) is 63.0. The number of unbranched alkanes of at least 4 members (excludes halogenated alkanes) is 36. The van der Waals surface area contributed by atoms with E-state index >= 15 is 0 Å². The summed E-state index contributed by atoms with van der Waals surface area (Å²) >= 11 is 0. The van der Waals surface area contributed by atoms with E-state index in [9.17, 15) is 19.5 Å². The van der Waals surface area contributed by atoms with Crippen LogP contribution in [0.2, 0.25) is 0 Å². The van der Waals surface area contributed by atoms with E-state index in [4.69, 9.17) is 18.9 Å². The predicted molar refractivity (Wildman–Crippen MR) is 414 cm³/mol. The van der Waals surface area contributed by atoms with E-state index in [0.29, 0.717) is 23.9 Å². The fourth-order valence-electron chi connectivity index (χ4n) is 11.1. The summed E-state index contributed by atoms with van der Waals surface area (Å²) in [5.41, 5.74) is 0. The third-order valence-corrected chi connectivity index (χ3v) is 17.2. The highest BCUT2D eigenvalue weighted by Gasteiger charge is 2.25. The first-order valence-corrected chi connectivity index (χ1v) is 39.8. The van der Waals surface area contributed by atoms with Gasteiger partial charge >= 0.3 is 17.9 Å². The van der Waals surface area contributed by atoms with Crippen molar-refractivity contribution < 1.29 is 42.9 Å². The number of likely N-dealkylation sites (N-methyl/N-ethyl adjacent to an activating group) is 1. The molecule has 96 heavy (non-hydrogen) atoms. The lowest BCUT2D eigenvalue weighted by Crippen LogP contribution is -2.40. The Balaban J connectivity index is 4.11. The van der Waals surface area contributed by atoms with Crippen LogP contribution in [0.25, 0.3) is 0 Å². The Morgan fingerprint density at radius 2 is 0.594 bits per heavy atom. The van der Waals surface area contributed by atoms with Gasteiger partial charge < -0.3 is 28.5 Å². The van der Waals surface area contributed by atoms with Crippen LogP contribution in [-0.4, -0.2) is 87.4 Å². The highest BCUT2D eigenvalue weighted by atomic mass is 16.7. The molecule has 9 heteroatoms. The van der Waals surface area contributed by atoms with Gasteiger partial charge in [0.15, 0.2) is 6.10 Å². The fraction of sp³-hybridized carbons (Fsp3) is 0.713. The first-order chi connectivity index (χ1) is 47.1. The molecule has 550 valence electrons. The number of allylic oxidation sites excluding steroid dienone is 22. The Kier molecular flexibility index (Phi) is 72.6. The molecule has 0 saturated heterocycles. The van der Waals surface area contributed by atoms with Crippen molar-refractivity contribution in [2.75, 3.05) is 47.5 Å². The third kappa shape index (κ3) is 76.8.